The Morgan fingerprint density at radius 2 is 1.88 bits per heavy atom. The molecule has 34 heavy (non-hydrogen) atoms. The molecule has 0 aliphatic carbocycles. The molecule has 2 aromatic carbocycles. The molecule has 0 saturated heterocycles. The average molecular weight is 482 g/mol. The Balaban J connectivity index is 1.74. The molecule has 0 saturated carbocycles. The van der Waals surface area contributed by atoms with Crippen LogP contribution in [-0.4, -0.2) is 25.2 Å². The number of halogens is 2. The highest BCUT2D eigenvalue weighted by Crippen LogP contribution is 2.33. The fourth-order valence-corrected chi connectivity index (χ4v) is 4.82. The standard InChI is InChI=1S/C25H25ClFN5O2/c1-14-11-30(17-9-8-15(2)16(3)10-17)24-28-22-21(31(24)12-14)23(33)32(25(34)29(22)4)13-18-19(26)6-5-7-20(18)27/h5-10,14H,11-13H2,1-4H3/t14-/m1/s1. The Bertz CT molecular complexity index is 1550. The predicted molar refractivity (Wildman–Crippen MR) is 132 cm³/mol. The molecular weight excluding hydrogens is 457 g/mol. The van der Waals surface area contributed by atoms with E-state index in [1.165, 1.54) is 28.3 Å². The molecule has 0 radical (unpaired) electrons. The molecule has 3 heterocycles. The number of aromatic nitrogens is 4. The van der Waals surface area contributed by atoms with Crippen LogP contribution in [0.4, 0.5) is 16.0 Å². The van der Waals surface area contributed by atoms with Gasteiger partial charge < -0.3 is 9.47 Å². The van der Waals surface area contributed by atoms with Crippen molar-refractivity contribution in [2.75, 3.05) is 11.4 Å². The zero-order chi connectivity index (χ0) is 24.3. The molecule has 0 bridgehead atoms. The Morgan fingerprint density at radius 3 is 2.59 bits per heavy atom. The molecule has 9 heteroatoms. The maximum absolute atomic E-state index is 14.4. The van der Waals surface area contributed by atoms with Crippen molar-refractivity contribution in [2.24, 2.45) is 13.0 Å². The lowest BCUT2D eigenvalue weighted by atomic mass is 10.1. The van der Waals surface area contributed by atoms with E-state index in [0.29, 0.717) is 23.7 Å². The number of hydrogen-bond acceptors (Lipinski definition) is 4. The van der Waals surface area contributed by atoms with E-state index in [0.717, 1.165) is 22.4 Å². The van der Waals surface area contributed by atoms with Gasteiger partial charge in [-0.3, -0.25) is 13.9 Å². The summed E-state index contributed by atoms with van der Waals surface area (Å²) in [5, 5.41) is 0.166. The molecule has 1 atom stereocenters. The fourth-order valence-electron chi connectivity index (χ4n) is 4.60. The first-order valence-electron chi connectivity index (χ1n) is 11.1. The monoisotopic (exact) mass is 481 g/mol. The van der Waals surface area contributed by atoms with E-state index >= 15 is 0 Å². The topological polar surface area (TPSA) is 65.1 Å². The highest BCUT2D eigenvalue weighted by Gasteiger charge is 2.30. The molecule has 2 aromatic heterocycles. The minimum absolute atomic E-state index is 0.103. The molecule has 0 unspecified atom stereocenters. The van der Waals surface area contributed by atoms with Crippen LogP contribution in [0.25, 0.3) is 11.2 Å². The summed E-state index contributed by atoms with van der Waals surface area (Å²) in [5.74, 6) is 0.286. The maximum atomic E-state index is 14.4. The molecule has 176 valence electrons. The second kappa shape index (κ2) is 8.13. The molecular formula is C25H25ClFN5O2. The van der Waals surface area contributed by atoms with E-state index in [1.807, 2.05) is 10.6 Å². The third-order valence-electron chi connectivity index (χ3n) is 6.62. The van der Waals surface area contributed by atoms with Crippen LogP contribution in [0, 0.1) is 25.6 Å². The Morgan fingerprint density at radius 1 is 1.12 bits per heavy atom. The Kier molecular flexibility index (Phi) is 5.36. The van der Waals surface area contributed by atoms with Crippen LogP contribution in [0.2, 0.25) is 5.02 Å². The first-order chi connectivity index (χ1) is 16.2. The highest BCUT2D eigenvalue weighted by molar-refractivity contribution is 6.31. The van der Waals surface area contributed by atoms with Gasteiger partial charge in [0.1, 0.15) is 5.82 Å². The van der Waals surface area contributed by atoms with Crippen molar-refractivity contribution in [3.8, 4) is 0 Å². The summed E-state index contributed by atoms with van der Waals surface area (Å²) in [5.41, 5.74) is 2.99. The number of hydrogen-bond donors (Lipinski definition) is 0. The second-order valence-electron chi connectivity index (χ2n) is 9.11. The van der Waals surface area contributed by atoms with Gasteiger partial charge in [0.25, 0.3) is 5.56 Å². The van der Waals surface area contributed by atoms with Crippen molar-refractivity contribution in [1.82, 2.24) is 18.7 Å². The van der Waals surface area contributed by atoms with E-state index in [2.05, 4.69) is 37.8 Å². The lowest BCUT2D eigenvalue weighted by molar-refractivity contribution is 0.458. The summed E-state index contributed by atoms with van der Waals surface area (Å²) in [6.07, 6.45) is 0. The van der Waals surface area contributed by atoms with Crippen LogP contribution < -0.4 is 16.1 Å². The van der Waals surface area contributed by atoms with Gasteiger partial charge in [0, 0.05) is 36.4 Å². The second-order valence-corrected chi connectivity index (χ2v) is 9.52. The molecule has 4 aromatic rings. The minimum atomic E-state index is -0.571. The quantitative estimate of drug-likeness (QED) is 0.441. The first-order valence-corrected chi connectivity index (χ1v) is 11.5. The molecule has 7 nitrogen and oxygen atoms in total. The van der Waals surface area contributed by atoms with Gasteiger partial charge in [-0.25, -0.2) is 9.18 Å². The molecule has 5 rings (SSSR count). The van der Waals surface area contributed by atoms with Crippen molar-refractivity contribution in [2.45, 2.75) is 33.9 Å². The van der Waals surface area contributed by atoms with Crippen molar-refractivity contribution in [3.63, 3.8) is 0 Å². The molecule has 0 fully saturated rings. The summed E-state index contributed by atoms with van der Waals surface area (Å²) in [7, 11) is 1.58. The molecule has 0 N–H and O–H groups in total. The van der Waals surface area contributed by atoms with E-state index in [4.69, 9.17) is 16.6 Å². The van der Waals surface area contributed by atoms with E-state index in [-0.39, 0.29) is 23.0 Å². The van der Waals surface area contributed by atoms with Gasteiger partial charge >= 0.3 is 5.69 Å². The van der Waals surface area contributed by atoms with Crippen molar-refractivity contribution < 1.29 is 4.39 Å². The number of imidazole rings is 1. The number of aryl methyl sites for hydroxylation is 3. The number of rotatable bonds is 3. The van der Waals surface area contributed by atoms with Crippen LogP contribution in [0.3, 0.4) is 0 Å². The van der Waals surface area contributed by atoms with E-state index in [1.54, 1.807) is 7.05 Å². The van der Waals surface area contributed by atoms with Crippen LogP contribution in [0.1, 0.15) is 23.6 Å². The van der Waals surface area contributed by atoms with E-state index < -0.39 is 17.1 Å². The van der Waals surface area contributed by atoms with Crippen LogP contribution >= 0.6 is 11.6 Å². The summed E-state index contributed by atoms with van der Waals surface area (Å²) < 4.78 is 18.7. The van der Waals surface area contributed by atoms with Gasteiger partial charge in [-0.1, -0.05) is 30.7 Å². The van der Waals surface area contributed by atoms with Gasteiger partial charge in [0.15, 0.2) is 11.2 Å². The number of nitrogens with zero attached hydrogens (tertiary/aromatic N) is 5. The summed E-state index contributed by atoms with van der Waals surface area (Å²) in [6, 6.07) is 10.5. The largest absolute Gasteiger partial charge is 0.332 e. The molecule has 1 aliphatic heterocycles. The van der Waals surface area contributed by atoms with Crippen LogP contribution in [-0.2, 0) is 20.1 Å². The zero-order valence-electron chi connectivity index (χ0n) is 19.5. The maximum Gasteiger partial charge on any atom is 0.332 e. The number of benzene rings is 2. The molecule has 1 aliphatic rings. The average Bonchev–Trinajstić information content (AvgIpc) is 3.18. The summed E-state index contributed by atoms with van der Waals surface area (Å²) >= 11 is 6.18. The van der Waals surface area contributed by atoms with Gasteiger partial charge in [-0.15, -0.1) is 0 Å². The van der Waals surface area contributed by atoms with Crippen molar-refractivity contribution >= 4 is 34.4 Å². The van der Waals surface area contributed by atoms with Crippen molar-refractivity contribution in [3.05, 3.63) is 84.8 Å². The Labute approximate surface area is 200 Å². The van der Waals surface area contributed by atoms with Crippen LogP contribution in [0.15, 0.2) is 46.0 Å². The Hall–Kier alpha value is -3.39. The number of fused-ring (bicyclic) bond motifs is 3. The minimum Gasteiger partial charge on any atom is -0.312 e. The first kappa shape index (κ1) is 22.4. The van der Waals surface area contributed by atoms with Gasteiger partial charge in [-0.05, 0) is 55.2 Å². The van der Waals surface area contributed by atoms with E-state index in [9.17, 15) is 14.0 Å². The summed E-state index contributed by atoms with van der Waals surface area (Å²) in [4.78, 5) is 33.6. The third kappa shape index (κ3) is 3.44. The molecule has 0 spiro atoms. The lowest BCUT2D eigenvalue weighted by Gasteiger charge is -2.33. The third-order valence-corrected chi connectivity index (χ3v) is 6.98. The van der Waals surface area contributed by atoms with Gasteiger partial charge in [-0.2, -0.15) is 4.98 Å². The van der Waals surface area contributed by atoms with Gasteiger partial charge in [0.05, 0.1) is 6.54 Å². The summed E-state index contributed by atoms with van der Waals surface area (Å²) in [6.45, 7) is 7.30. The number of anilines is 2. The van der Waals surface area contributed by atoms with Crippen LogP contribution in [0.5, 0.6) is 0 Å². The lowest BCUT2D eigenvalue weighted by Crippen LogP contribution is -2.41. The smallest absolute Gasteiger partial charge is 0.312 e. The fraction of sp³-hybridized carbons (Fsp3) is 0.320. The zero-order valence-corrected chi connectivity index (χ0v) is 20.2. The SMILES string of the molecule is Cc1ccc(N2C[C@@H](C)Cn3c2nc2c3c(=O)n(Cc3c(F)cccc3Cl)c(=O)n2C)cc1C. The van der Waals surface area contributed by atoms with Crippen molar-refractivity contribution in [1.29, 1.82) is 0 Å². The highest BCUT2D eigenvalue weighted by atomic mass is 35.5. The molecule has 0 amide bonds. The van der Waals surface area contributed by atoms with Gasteiger partial charge in [0.2, 0.25) is 5.95 Å². The normalized spacial score (nSPS) is 15.7. The predicted octanol–water partition coefficient (Wildman–Crippen LogP) is 4.14.